The van der Waals surface area contributed by atoms with Crippen LogP contribution in [0.5, 0.6) is 0 Å². The van der Waals surface area contributed by atoms with Crippen molar-refractivity contribution >= 4 is 44.3 Å². The minimum atomic E-state index is -0.417. The Hall–Kier alpha value is -0.340. The van der Waals surface area contributed by atoms with Crippen molar-refractivity contribution in [3.8, 4) is 12.3 Å². The minimum absolute atomic E-state index is 0.232. The van der Waals surface area contributed by atoms with E-state index in [1.54, 1.807) is 0 Å². The van der Waals surface area contributed by atoms with Crippen molar-refractivity contribution in [1.29, 1.82) is 0 Å². The van der Waals surface area contributed by atoms with E-state index in [-0.39, 0.29) is 5.78 Å². The predicted octanol–water partition coefficient (Wildman–Crippen LogP) is 4.71. The monoisotopic (exact) mass is 432 g/mol. The van der Waals surface area contributed by atoms with Crippen LogP contribution in [0.2, 0.25) is 0 Å². The smallest absolute Gasteiger partial charge is 0.153 e. The van der Waals surface area contributed by atoms with Gasteiger partial charge >= 0.3 is 0 Å². The lowest BCUT2D eigenvalue weighted by molar-refractivity contribution is -0.121. The molecule has 0 saturated carbocycles. The number of hydrogen-bond acceptors (Lipinski definition) is 1. The van der Waals surface area contributed by atoms with Crippen LogP contribution in [0, 0.1) is 15.9 Å². The third-order valence-corrected chi connectivity index (χ3v) is 4.63. The number of hydrogen-bond donors (Lipinski definition) is 0. The van der Waals surface area contributed by atoms with Crippen LogP contribution in [-0.2, 0) is 10.2 Å². The van der Waals surface area contributed by atoms with Gasteiger partial charge in [0.2, 0.25) is 0 Å². The van der Waals surface area contributed by atoms with Crippen LogP contribution in [0.3, 0.4) is 0 Å². The zero-order valence-electron chi connectivity index (χ0n) is 11.1. The molecule has 0 fully saturated rings. The topological polar surface area (TPSA) is 17.1 Å². The van der Waals surface area contributed by atoms with Gasteiger partial charge in [-0.3, -0.25) is 4.79 Å². The van der Waals surface area contributed by atoms with Gasteiger partial charge in [-0.25, -0.2) is 0 Å². The zero-order valence-corrected chi connectivity index (χ0v) is 14.8. The zero-order chi connectivity index (χ0) is 14.3. The first kappa shape index (κ1) is 16.7. The van der Waals surface area contributed by atoms with Crippen LogP contribution < -0.4 is 0 Å². The maximum atomic E-state index is 12.3. The van der Waals surface area contributed by atoms with E-state index in [4.69, 9.17) is 6.42 Å². The Kier molecular flexibility index (Phi) is 7.09. The van der Waals surface area contributed by atoms with Gasteiger partial charge in [-0.15, -0.1) is 12.3 Å². The second-order valence-corrected chi connectivity index (χ2v) is 6.62. The van der Waals surface area contributed by atoms with Crippen molar-refractivity contribution in [3.05, 3.63) is 33.4 Å². The Morgan fingerprint density at radius 1 is 1.47 bits per heavy atom. The van der Waals surface area contributed by atoms with Crippen LogP contribution in [0.4, 0.5) is 0 Å². The molecule has 19 heavy (non-hydrogen) atoms. The van der Waals surface area contributed by atoms with Gasteiger partial charge in [0.1, 0.15) is 0 Å². The van der Waals surface area contributed by atoms with Gasteiger partial charge in [-0.1, -0.05) is 34.5 Å². The number of alkyl halides is 1. The van der Waals surface area contributed by atoms with Gasteiger partial charge in [0.05, 0.1) is 10.7 Å². The highest BCUT2D eigenvalue weighted by atomic mass is 127. The molecule has 0 amide bonds. The van der Waals surface area contributed by atoms with Crippen molar-refractivity contribution in [2.24, 2.45) is 0 Å². The first-order valence-electron chi connectivity index (χ1n) is 6.33. The summed E-state index contributed by atoms with van der Waals surface area (Å²) < 4.78 is 1.16. The molecular formula is C16H18BrIO. The van der Waals surface area contributed by atoms with Crippen molar-refractivity contribution < 1.29 is 4.79 Å². The number of rotatable bonds is 7. The van der Waals surface area contributed by atoms with E-state index in [1.807, 2.05) is 25.1 Å². The van der Waals surface area contributed by atoms with E-state index in [1.165, 1.54) is 0 Å². The molecule has 0 spiro atoms. The van der Waals surface area contributed by atoms with Gasteiger partial charge in [0.15, 0.2) is 5.78 Å². The molecule has 1 nitrogen and oxygen atoms in total. The Morgan fingerprint density at radius 3 is 2.79 bits per heavy atom. The molecular weight excluding hydrogens is 415 g/mol. The molecule has 0 aromatic heterocycles. The summed E-state index contributed by atoms with van der Waals surface area (Å²) in [6, 6.07) is 8.20. The maximum Gasteiger partial charge on any atom is 0.153 e. The summed E-state index contributed by atoms with van der Waals surface area (Å²) in [5.41, 5.74) is 0.684. The van der Waals surface area contributed by atoms with E-state index >= 15 is 0 Å². The summed E-state index contributed by atoms with van der Waals surface area (Å²) in [6.45, 7) is 2.04. The molecule has 1 aromatic rings. The normalized spacial score (nSPS) is 13.6. The number of carbonyl (C=O) groups excluding carboxylic acids is 1. The standard InChI is InChI=1S/C16H18BrIO/c1-3-4-5-6-10-16(2,15(19)12-17)13-8-7-9-14(18)11-13/h1,7-9,11H,4-6,10,12H2,2H3. The summed E-state index contributed by atoms with van der Waals surface area (Å²) in [7, 11) is 0. The van der Waals surface area contributed by atoms with E-state index in [2.05, 4.69) is 50.5 Å². The molecule has 1 aromatic carbocycles. The maximum absolute atomic E-state index is 12.3. The quantitative estimate of drug-likeness (QED) is 0.264. The third-order valence-electron chi connectivity index (χ3n) is 3.45. The number of carbonyl (C=O) groups is 1. The number of benzene rings is 1. The Bertz CT molecular complexity index is 478. The average Bonchev–Trinajstić information content (AvgIpc) is 2.42. The lowest BCUT2D eigenvalue weighted by Crippen LogP contribution is -2.33. The highest BCUT2D eigenvalue weighted by Crippen LogP contribution is 2.32. The Morgan fingerprint density at radius 2 is 2.21 bits per heavy atom. The molecule has 3 heteroatoms. The first-order chi connectivity index (χ1) is 9.04. The molecule has 0 saturated heterocycles. The molecule has 0 bridgehead atoms. The molecule has 1 unspecified atom stereocenters. The highest BCUT2D eigenvalue weighted by Gasteiger charge is 2.33. The van der Waals surface area contributed by atoms with Gasteiger partial charge in [0.25, 0.3) is 0 Å². The van der Waals surface area contributed by atoms with Crippen LogP contribution in [0.1, 0.15) is 38.2 Å². The fraction of sp³-hybridized carbons (Fsp3) is 0.438. The van der Waals surface area contributed by atoms with E-state index in [0.717, 1.165) is 34.8 Å². The number of ketones is 1. The molecule has 0 aliphatic heterocycles. The molecule has 0 N–H and O–H groups in total. The largest absolute Gasteiger partial charge is 0.298 e. The number of terminal acetylenes is 1. The molecule has 1 rings (SSSR count). The number of halogens is 2. The molecule has 0 radical (unpaired) electrons. The van der Waals surface area contributed by atoms with Crippen LogP contribution >= 0.6 is 38.5 Å². The first-order valence-corrected chi connectivity index (χ1v) is 8.53. The third kappa shape index (κ3) is 4.61. The van der Waals surface area contributed by atoms with Crippen molar-refractivity contribution in [2.75, 3.05) is 5.33 Å². The summed E-state index contributed by atoms with van der Waals surface area (Å²) >= 11 is 5.59. The molecule has 0 aliphatic rings. The van der Waals surface area contributed by atoms with Crippen molar-refractivity contribution in [1.82, 2.24) is 0 Å². The Labute approximate surface area is 137 Å². The minimum Gasteiger partial charge on any atom is -0.298 e. The van der Waals surface area contributed by atoms with Gasteiger partial charge < -0.3 is 0 Å². The van der Waals surface area contributed by atoms with E-state index in [9.17, 15) is 4.79 Å². The summed E-state index contributed by atoms with van der Waals surface area (Å²) in [6.07, 6.45) is 8.85. The SMILES string of the molecule is C#CCCCCC(C)(C(=O)CBr)c1cccc(I)c1. The van der Waals surface area contributed by atoms with Gasteiger partial charge in [-0.05, 0) is 60.1 Å². The van der Waals surface area contributed by atoms with Crippen LogP contribution in [-0.4, -0.2) is 11.1 Å². The predicted molar refractivity (Wildman–Crippen MR) is 92.6 cm³/mol. The van der Waals surface area contributed by atoms with Gasteiger partial charge in [0, 0.05) is 9.99 Å². The fourth-order valence-corrected chi connectivity index (χ4v) is 3.29. The van der Waals surface area contributed by atoms with Crippen LogP contribution in [0.25, 0.3) is 0 Å². The second kappa shape index (κ2) is 8.06. The summed E-state index contributed by atoms with van der Waals surface area (Å²) in [5, 5.41) is 0.393. The van der Waals surface area contributed by atoms with Gasteiger partial charge in [-0.2, -0.15) is 0 Å². The summed E-state index contributed by atoms with van der Waals surface area (Å²) in [5.74, 6) is 2.88. The molecule has 0 heterocycles. The van der Waals surface area contributed by atoms with E-state index in [0.29, 0.717) is 5.33 Å². The highest BCUT2D eigenvalue weighted by molar-refractivity contribution is 14.1. The molecule has 102 valence electrons. The van der Waals surface area contributed by atoms with E-state index < -0.39 is 5.41 Å². The average molecular weight is 433 g/mol. The summed E-state index contributed by atoms with van der Waals surface area (Å²) in [4.78, 5) is 12.3. The van der Waals surface area contributed by atoms with Crippen molar-refractivity contribution in [3.63, 3.8) is 0 Å². The number of unbranched alkanes of at least 4 members (excludes halogenated alkanes) is 2. The second-order valence-electron chi connectivity index (χ2n) is 4.81. The lowest BCUT2D eigenvalue weighted by Gasteiger charge is -2.28. The van der Waals surface area contributed by atoms with Crippen molar-refractivity contribution in [2.45, 2.75) is 38.0 Å². The Balaban J connectivity index is 2.93. The lowest BCUT2D eigenvalue weighted by atomic mass is 9.75. The molecule has 0 aliphatic carbocycles. The molecule has 1 atom stereocenters. The fourth-order valence-electron chi connectivity index (χ4n) is 2.13. The number of Topliss-reactive ketones (excluding diaryl/α,β-unsaturated/α-hetero) is 1. The van der Waals surface area contributed by atoms with Crippen LogP contribution in [0.15, 0.2) is 24.3 Å².